The number of hydrogen-bond acceptors (Lipinski definition) is 3. The fourth-order valence-electron chi connectivity index (χ4n) is 1.98. The van der Waals surface area contributed by atoms with Gasteiger partial charge in [0, 0.05) is 17.8 Å². The summed E-state index contributed by atoms with van der Waals surface area (Å²) < 4.78 is 5.52. The lowest BCUT2D eigenvalue weighted by atomic mass is 10.1. The maximum atomic E-state index is 11.9. The minimum Gasteiger partial charge on any atom is -0.364 e. The maximum absolute atomic E-state index is 11.9. The molecule has 0 aliphatic carbocycles. The molecule has 2 atom stereocenters. The third kappa shape index (κ3) is 2.89. The number of carbonyl (C=O) groups excluding carboxylic acids is 1. The second-order valence-electron chi connectivity index (χ2n) is 4.27. The van der Waals surface area contributed by atoms with Gasteiger partial charge in [-0.2, -0.15) is 0 Å². The Morgan fingerprint density at radius 1 is 1.56 bits per heavy atom. The second kappa shape index (κ2) is 5.67. The first-order valence-corrected chi connectivity index (χ1v) is 5.96. The minimum absolute atomic E-state index is 0.00204. The highest BCUT2D eigenvalue weighted by Crippen LogP contribution is 2.20. The molecule has 0 bridgehead atoms. The Kier molecular flexibility index (Phi) is 3.98. The molecule has 1 amide bonds. The van der Waals surface area contributed by atoms with Gasteiger partial charge in [-0.1, -0.05) is 12.0 Å². The quantitative estimate of drug-likeness (QED) is 0.783. The molecular weight excluding hydrogens is 228 g/mol. The fourth-order valence-corrected chi connectivity index (χ4v) is 1.98. The molecule has 0 aromatic heterocycles. The van der Waals surface area contributed by atoms with Gasteiger partial charge in [-0.05, 0) is 31.0 Å². The monoisotopic (exact) mass is 244 g/mol. The van der Waals surface area contributed by atoms with Crippen LogP contribution in [-0.2, 0) is 9.53 Å². The van der Waals surface area contributed by atoms with Crippen molar-refractivity contribution in [2.75, 3.05) is 11.9 Å². The lowest BCUT2D eigenvalue weighted by Crippen LogP contribution is -2.29. The molecule has 2 rings (SSSR count). The summed E-state index contributed by atoms with van der Waals surface area (Å²) in [5.74, 6) is 2.39. The van der Waals surface area contributed by atoms with Gasteiger partial charge in [0.1, 0.15) is 6.10 Å². The minimum atomic E-state index is -0.409. The number of amides is 1. The summed E-state index contributed by atoms with van der Waals surface area (Å²) in [6.07, 6.45) is 6.44. The van der Waals surface area contributed by atoms with E-state index in [2.05, 4.69) is 11.2 Å². The molecule has 2 unspecified atom stereocenters. The van der Waals surface area contributed by atoms with E-state index in [1.54, 1.807) is 12.1 Å². The normalized spacial score (nSPS) is 22.4. The van der Waals surface area contributed by atoms with Crippen LogP contribution in [0.3, 0.4) is 0 Å². The summed E-state index contributed by atoms with van der Waals surface area (Å²) in [6, 6.07) is 7.18. The molecule has 94 valence electrons. The summed E-state index contributed by atoms with van der Waals surface area (Å²) in [6.45, 7) is 0.455. The molecule has 4 nitrogen and oxygen atoms in total. The van der Waals surface area contributed by atoms with E-state index in [1.165, 1.54) is 0 Å². The van der Waals surface area contributed by atoms with Crippen LogP contribution in [0, 0.1) is 12.3 Å². The van der Waals surface area contributed by atoms with E-state index in [4.69, 9.17) is 16.9 Å². The van der Waals surface area contributed by atoms with Crippen molar-refractivity contribution >= 4 is 11.6 Å². The summed E-state index contributed by atoms with van der Waals surface area (Å²) in [4.78, 5) is 11.9. The molecule has 1 saturated heterocycles. The predicted octanol–water partition coefficient (Wildman–Crippen LogP) is 1.11. The first-order valence-electron chi connectivity index (χ1n) is 5.96. The van der Waals surface area contributed by atoms with Gasteiger partial charge < -0.3 is 15.8 Å². The Balaban J connectivity index is 1.97. The molecule has 0 saturated carbocycles. The van der Waals surface area contributed by atoms with Crippen LogP contribution in [0.1, 0.15) is 18.4 Å². The van der Waals surface area contributed by atoms with Crippen molar-refractivity contribution < 1.29 is 9.53 Å². The van der Waals surface area contributed by atoms with Gasteiger partial charge in [0.2, 0.25) is 0 Å². The number of ether oxygens (including phenoxy) is 1. The van der Waals surface area contributed by atoms with Crippen molar-refractivity contribution in [3.63, 3.8) is 0 Å². The highest BCUT2D eigenvalue weighted by Gasteiger charge is 2.29. The topological polar surface area (TPSA) is 64.4 Å². The molecule has 1 aliphatic rings. The van der Waals surface area contributed by atoms with Crippen LogP contribution in [0.2, 0.25) is 0 Å². The van der Waals surface area contributed by atoms with Gasteiger partial charge in [-0.3, -0.25) is 4.79 Å². The van der Waals surface area contributed by atoms with Crippen LogP contribution in [0.5, 0.6) is 0 Å². The zero-order valence-corrected chi connectivity index (χ0v) is 10.1. The number of nitrogens with one attached hydrogen (secondary N) is 1. The Bertz CT molecular complexity index is 479. The van der Waals surface area contributed by atoms with Crippen molar-refractivity contribution in [2.24, 2.45) is 5.73 Å². The van der Waals surface area contributed by atoms with E-state index >= 15 is 0 Å². The van der Waals surface area contributed by atoms with E-state index < -0.39 is 6.10 Å². The molecule has 1 aromatic carbocycles. The van der Waals surface area contributed by atoms with E-state index in [0.717, 1.165) is 12.0 Å². The van der Waals surface area contributed by atoms with Crippen molar-refractivity contribution in [1.29, 1.82) is 0 Å². The zero-order valence-electron chi connectivity index (χ0n) is 10.1. The Labute approximate surface area is 107 Å². The van der Waals surface area contributed by atoms with Crippen molar-refractivity contribution in [3.05, 3.63) is 29.8 Å². The van der Waals surface area contributed by atoms with Crippen molar-refractivity contribution in [2.45, 2.75) is 25.0 Å². The molecule has 1 aromatic rings. The zero-order chi connectivity index (χ0) is 13.0. The average Bonchev–Trinajstić information content (AvgIpc) is 2.88. The van der Waals surface area contributed by atoms with Crippen LogP contribution in [0.4, 0.5) is 5.69 Å². The lowest BCUT2D eigenvalue weighted by Gasteiger charge is -2.12. The highest BCUT2D eigenvalue weighted by molar-refractivity contribution is 5.94. The van der Waals surface area contributed by atoms with Crippen molar-refractivity contribution in [1.82, 2.24) is 0 Å². The molecule has 18 heavy (non-hydrogen) atoms. The molecule has 0 spiro atoms. The SMILES string of the molecule is C#Cc1cccc(NC(=O)C2CCC(CN)O2)c1. The van der Waals surface area contributed by atoms with E-state index in [0.29, 0.717) is 18.7 Å². The molecule has 4 heteroatoms. The number of benzene rings is 1. The number of nitrogens with two attached hydrogens (primary N) is 1. The number of carbonyl (C=O) groups is 1. The summed E-state index contributed by atoms with van der Waals surface area (Å²) in [5, 5.41) is 2.80. The molecular formula is C14H16N2O2. The number of anilines is 1. The maximum Gasteiger partial charge on any atom is 0.253 e. The van der Waals surface area contributed by atoms with Gasteiger partial charge in [0.05, 0.1) is 6.10 Å². The van der Waals surface area contributed by atoms with Crippen LogP contribution < -0.4 is 11.1 Å². The van der Waals surface area contributed by atoms with Gasteiger partial charge in [-0.15, -0.1) is 6.42 Å². The Morgan fingerprint density at radius 3 is 3.06 bits per heavy atom. The number of hydrogen-bond donors (Lipinski definition) is 2. The first-order chi connectivity index (χ1) is 8.72. The summed E-state index contributed by atoms with van der Waals surface area (Å²) in [5.41, 5.74) is 6.93. The second-order valence-corrected chi connectivity index (χ2v) is 4.27. The summed E-state index contributed by atoms with van der Waals surface area (Å²) >= 11 is 0. The third-order valence-electron chi connectivity index (χ3n) is 2.96. The number of terminal acetylenes is 1. The van der Waals surface area contributed by atoms with Crippen LogP contribution in [0.15, 0.2) is 24.3 Å². The standard InChI is InChI=1S/C14H16N2O2/c1-2-10-4-3-5-11(8-10)16-14(17)13-7-6-12(9-15)18-13/h1,3-5,8,12-13H,6-7,9,15H2,(H,16,17). The van der Waals surface area contributed by atoms with Crippen LogP contribution >= 0.6 is 0 Å². The molecule has 3 N–H and O–H groups in total. The number of rotatable bonds is 3. The van der Waals surface area contributed by atoms with Crippen LogP contribution in [0.25, 0.3) is 0 Å². The summed E-state index contributed by atoms with van der Waals surface area (Å²) in [7, 11) is 0. The average molecular weight is 244 g/mol. The molecule has 0 radical (unpaired) electrons. The van der Waals surface area contributed by atoms with Gasteiger partial charge >= 0.3 is 0 Å². The van der Waals surface area contributed by atoms with Crippen LogP contribution in [-0.4, -0.2) is 24.7 Å². The highest BCUT2D eigenvalue weighted by atomic mass is 16.5. The van der Waals surface area contributed by atoms with Gasteiger partial charge in [0.25, 0.3) is 5.91 Å². The fraction of sp³-hybridized carbons (Fsp3) is 0.357. The predicted molar refractivity (Wildman–Crippen MR) is 70.0 cm³/mol. The van der Waals surface area contributed by atoms with Gasteiger partial charge in [-0.25, -0.2) is 0 Å². The smallest absolute Gasteiger partial charge is 0.253 e. The third-order valence-corrected chi connectivity index (χ3v) is 2.96. The van der Waals surface area contributed by atoms with Gasteiger partial charge in [0.15, 0.2) is 0 Å². The molecule has 1 aliphatic heterocycles. The van der Waals surface area contributed by atoms with E-state index in [9.17, 15) is 4.79 Å². The lowest BCUT2D eigenvalue weighted by molar-refractivity contribution is -0.126. The molecule has 1 heterocycles. The first kappa shape index (κ1) is 12.6. The van der Waals surface area contributed by atoms with Crippen molar-refractivity contribution in [3.8, 4) is 12.3 Å². The Morgan fingerprint density at radius 2 is 2.39 bits per heavy atom. The largest absolute Gasteiger partial charge is 0.364 e. The Hall–Kier alpha value is -1.83. The molecule has 1 fully saturated rings. The van der Waals surface area contributed by atoms with E-state index in [-0.39, 0.29) is 12.0 Å². The van der Waals surface area contributed by atoms with E-state index in [1.807, 2.05) is 12.1 Å².